The Bertz CT molecular complexity index is 720. The minimum absolute atomic E-state index is 0.0190. The number of nitrogens with zero attached hydrogens (tertiary/aromatic N) is 2. The van der Waals surface area contributed by atoms with Gasteiger partial charge in [0.2, 0.25) is 0 Å². The number of benzene rings is 1. The molecule has 1 aromatic carbocycles. The van der Waals surface area contributed by atoms with Crippen LogP contribution < -0.4 is 4.72 Å². The van der Waals surface area contributed by atoms with Crippen molar-refractivity contribution in [2.75, 3.05) is 4.72 Å². The van der Waals surface area contributed by atoms with Gasteiger partial charge in [-0.3, -0.25) is 4.72 Å². The summed E-state index contributed by atoms with van der Waals surface area (Å²) in [5.74, 6) is 0.0802. The molecule has 0 saturated heterocycles. The Morgan fingerprint density at radius 2 is 1.89 bits per heavy atom. The quantitative estimate of drug-likeness (QED) is 0.883. The van der Waals surface area contributed by atoms with E-state index in [0.29, 0.717) is 0 Å². The maximum Gasteiger partial charge on any atom is 0.264 e. The van der Waals surface area contributed by atoms with E-state index in [1.54, 1.807) is 12.1 Å². The van der Waals surface area contributed by atoms with Crippen LogP contribution in [-0.4, -0.2) is 18.4 Å². The summed E-state index contributed by atoms with van der Waals surface area (Å²) in [6, 6.07) is 5.97. The van der Waals surface area contributed by atoms with Crippen molar-refractivity contribution in [2.24, 2.45) is 0 Å². The smallest absolute Gasteiger partial charge is 0.263 e. The van der Waals surface area contributed by atoms with E-state index in [0.717, 1.165) is 11.9 Å². The summed E-state index contributed by atoms with van der Waals surface area (Å²) >= 11 is 11.6. The van der Waals surface area contributed by atoms with Gasteiger partial charge in [0, 0.05) is 6.07 Å². The maximum atomic E-state index is 12.1. The second-order valence-electron chi connectivity index (χ2n) is 3.77. The van der Waals surface area contributed by atoms with E-state index in [9.17, 15) is 8.42 Å². The number of nitrogens with one attached hydrogen (secondary N) is 1. The largest absolute Gasteiger partial charge is 0.264 e. The highest BCUT2D eigenvalue weighted by Crippen LogP contribution is 2.24. The Balaban J connectivity index is 2.38. The molecule has 0 radical (unpaired) electrons. The number of hydrogen-bond acceptors (Lipinski definition) is 4. The number of aryl methyl sites for hydroxylation is 1. The lowest BCUT2D eigenvalue weighted by atomic mass is 10.2. The topological polar surface area (TPSA) is 72.0 Å². The molecule has 0 spiro atoms. The fraction of sp³-hybridized carbons (Fsp3) is 0.0909. The number of aromatic nitrogens is 2. The van der Waals surface area contributed by atoms with E-state index in [-0.39, 0.29) is 20.9 Å². The van der Waals surface area contributed by atoms with Crippen molar-refractivity contribution in [3.05, 3.63) is 46.3 Å². The van der Waals surface area contributed by atoms with Gasteiger partial charge in [0.15, 0.2) is 0 Å². The molecular formula is C11H9Cl2N3O2S. The third-order valence-electron chi connectivity index (χ3n) is 2.25. The van der Waals surface area contributed by atoms with Crippen molar-refractivity contribution in [1.82, 2.24) is 9.97 Å². The van der Waals surface area contributed by atoms with Crippen molar-refractivity contribution in [2.45, 2.75) is 11.8 Å². The van der Waals surface area contributed by atoms with Gasteiger partial charge in [-0.2, -0.15) is 0 Å². The predicted molar refractivity (Wildman–Crippen MR) is 74.0 cm³/mol. The number of halogens is 2. The molecule has 0 aliphatic rings. The molecule has 1 heterocycles. The highest BCUT2D eigenvalue weighted by atomic mass is 35.5. The van der Waals surface area contributed by atoms with E-state index < -0.39 is 10.0 Å². The summed E-state index contributed by atoms with van der Waals surface area (Å²) in [6.07, 6.45) is 1.16. The molecule has 0 atom stereocenters. The summed E-state index contributed by atoms with van der Waals surface area (Å²) in [5.41, 5.74) is 0.869. The highest BCUT2D eigenvalue weighted by Gasteiger charge is 2.18. The normalized spacial score (nSPS) is 11.3. The zero-order valence-electron chi connectivity index (χ0n) is 9.76. The molecule has 2 aromatic rings. The first kappa shape index (κ1) is 14.0. The van der Waals surface area contributed by atoms with Crippen molar-refractivity contribution >= 4 is 39.0 Å². The fourth-order valence-electron chi connectivity index (χ4n) is 1.41. The van der Waals surface area contributed by atoms with Crippen LogP contribution in [0.5, 0.6) is 0 Å². The SMILES string of the molecule is Cc1ccc(S(=O)(=O)Nc2cc(Cl)ncn2)c(Cl)c1. The van der Waals surface area contributed by atoms with Gasteiger partial charge in [0.25, 0.3) is 10.0 Å². The average molecular weight is 318 g/mol. The second-order valence-corrected chi connectivity index (χ2v) is 6.21. The molecule has 8 heteroatoms. The standard InChI is InChI=1S/C11H9Cl2N3O2S/c1-7-2-3-9(8(12)4-7)19(17,18)16-11-5-10(13)14-6-15-11/h2-6H,1H3,(H,14,15,16). The number of anilines is 1. The molecule has 1 N–H and O–H groups in total. The van der Waals surface area contributed by atoms with Gasteiger partial charge in [-0.15, -0.1) is 0 Å². The molecule has 0 aliphatic carbocycles. The zero-order chi connectivity index (χ0) is 14.0. The van der Waals surface area contributed by atoms with Crippen LogP contribution in [0.2, 0.25) is 10.2 Å². The van der Waals surface area contributed by atoms with E-state index >= 15 is 0 Å². The van der Waals surface area contributed by atoms with Crippen LogP contribution in [0.15, 0.2) is 35.5 Å². The molecule has 1 aromatic heterocycles. The van der Waals surface area contributed by atoms with Crippen LogP contribution in [0.25, 0.3) is 0 Å². The van der Waals surface area contributed by atoms with Crippen molar-refractivity contribution in [3.8, 4) is 0 Å². The van der Waals surface area contributed by atoms with Crippen LogP contribution in [-0.2, 0) is 10.0 Å². The van der Waals surface area contributed by atoms with Crippen LogP contribution in [0, 0.1) is 6.92 Å². The van der Waals surface area contributed by atoms with E-state index in [1.807, 2.05) is 6.92 Å². The monoisotopic (exact) mass is 317 g/mol. The first-order chi connectivity index (χ1) is 8.88. The van der Waals surface area contributed by atoms with Gasteiger partial charge in [-0.1, -0.05) is 29.3 Å². The molecule has 0 unspecified atom stereocenters. The number of sulfonamides is 1. The summed E-state index contributed by atoms with van der Waals surface area (Å²) in [6.45, 7) is 1.82. The molecule has 0 bridgehead atoms. The van der Waals surface area contributed by atoms with Crippen LogP contribution in [0.3, 0.4) is 0 Å². The summed E-state index contributed by atoms with van der Waals surface area (Å²) in [4.78, 5) is 7.41. The molecule has 0 fully saturated rings. The Labute approximate surface area is 120 Å². The lowest BCUT2D eigenvalue weighted by molar-refractivity contribution is 0.601. The van der Waals surface area contributed by atoms with Crippen LogP contribution in [0.4, 0.5) is 5.82 Å². The van der Waals surface area contributed by atoms with E-state index in [4.69, 9.17) is 23.2 Å². The van der Waals surface area contributed by atoms with Gasteiger partial charge >= 0.3 is 0 Å². The van der Waals surface area contributed by atoms with Gasteiger partial charge in [-0.25, -0.2) is 18.4 Å². The maximum absolute atomic E-state index is 12.1. The number of rotatable bonds is 3. The number of hydrogen-bond donors (Lipinski definition) is 1. The molecule has 0 aliphatic heterocycles. The van der Waals surface area contributed by atoms with E-state index in [2.05, 4.69) is 14.7 Å². The average Bonchev–Trinajstić information content (AvgIpc) is 2.27. The van der Waals surface area contributed by atoms with Crippen molar-refractivity contribution in [1.29, 1.82) is 0 Å². The Morgan fingerprint density at radius 3 is 2.53 bits per heavy atom. The molecule has 2 rings (SSSR count). The summed E-state index contributed by atoms with van der Waals surface area (Å²) in [7, 11) is -3.81. The highest BCUT2D eigenvalue weighted by molar-refractivity contribution is 7.92. The molecular weight excluding hydrogens is 309 g/mol. The van der Waals surface area contributed by atoms with Crippen LogP contribution in [0.1, 0.15) is 5.56 Å². The Hall–Kier alpha value is -1.37. The molecule has 0 saturated carbocycles. The third kappa shape index (κ3) is 3.34. The van der Waals surface area contributed by atoms with Crippen molar-refractivity contribution < 1.29 is 8.42 Å². The third-order valence-corrected chi connectivity index (χ3v) is 4.29. The lowest BCUT2D eigenvalue weighted by Gasteiger charge is -2.09. The molecule has 100 valence electrons. The second kappa shape index (κ2) is 5.32. The van der Waals surface area contributed by atoms with Gasteiger partial charge < -0.3 is 0 Å². The first-order valence-electron chi connectivity index (χ1n) is 5.15. The van der Waals surface area contributed by atoms with E-state index in [1.165, 1.54) is 12.1 Å². The minimum Gasteiger partial charge on any atom is -0.263 e. The zero-order valence-corrected chi connectivity index (χ0v) is 12.1. The molecule has 19 heavy (non-hydrogen) atoms. The first-order valence-corrected chi connectivity index (χ1v) is 7.39. The Kier molecular flexibility index (Phi) is 3.93. The predicted octanol–water partition coefficient (Wildman–Crippen LogP) is 2.89. The van der Waals surface area contributed by atoms with Gasteiger partial charge in [0.05, 0.1) is 5.02 Å². The summed E-state index contributed by atoms with van der Waals surface area (Å²) in [5, 5.41) is 0.287. The van der Waals surface area contributed by atoms with Gasteiger partial charge in [-0.05, 0) is 24.6 Å². The Morgan fingerprint density at radius 1 is 1.16 bits per heavy atom. The summed E-state index contributed by atoms with van der Waals surface area (Å²) < 4.78 is 26.6. The van der Waals surface area contributed by atoms with Crippen LogP contribution >= 0.6 is 23.2 Å². The molecule has 0 amide bonds. The minimum atomic E-state index is -3.81. The van der Waals surface area contributed by atoms with Gasteiger partial charge in [0.1, 0.15) is 22.2 Å². The fourth-order valence-corrected chi connectivity index (χ4v) is 3.15. The lowest BCUT2D eigenvalue weighted by Crippen LogP contribution is -2.14. The molecule has 5 nitrogen and oxygen atoms in total. The van der Waals surface area contributed by atoms with Crippen molar-refractivity contribution in [3.63, 3.8) is 0 Å².